The summed E-state index contributed by atoms with van der Waals surface area (Å²) in [7, 11) is -1.35. The fourth-order valence-electron chi connectivity index (χ4n) is 4.09. The minimum absolute atomic E-state index is 0.0397. The van der Waals surface area contributed by atoms with Crippen molar-refractivity contribution in [3.63, 3.8) is 0 Å². The van der Waals surface area contributed by atoms with E-state index in [1.165, 1.54) is 43.4 Å². The number of rotatable bonds is 13. The Labute approximate surface area is 247 Å². The van der Waals surface area contributed by atoms with E-state index in [-0.39, 0.29) is 34.7 Å². The normalized spacial score (nSPS) is 12.0. The van der Waals surface area contributed by atoms with Crippen LogP contribution in [0.3, 0.4) is 0 Å². The number of sulfonamides is 1. The highest BCUT2D eigenvalue weighted by molar-refractivity contribution is 7.92. The lowest BCUT2D eigenvalue weighted by Gasteiger charge is -2.32. The average Bonchev–Trinajstić information content (AvgIpc) is 2.96. The third kappa shape index (κ3) is 8.14. The Morgan fingerprint density at radius 1 is 0.927 bits per heavy atom. The maximum atomic E-state index is 14.0. The molecule has 0 spiro atoms. The molecule has 11 heteroatoms. The zero-order chi connectivity index (χ0) is 30.2. The van der Waals surface area contributed by atoms with Crippen LogP contribution in [-0.4, -0.2) is 58.5 Å². The fourth-order valence-corrected chi connectivity index (χ4v) is 5.73. The Hall–Kier alpha value is -3.76. The van der Waals surface area contributed by atoms with Gasteiger partial charge in [-0.25, -0.2) is 8.42 Å². The Morgan fingerprint density at radius 3 is 2.22 bits per heavy atom. The summed E-state index contributed by atoms with van der Waals surface area (Å²) in [6, 6.07) is 18.5. The van der Waals surface area contributed by atoms with Gasteiger partial charge in [0.05, 0.1) is 24.8 Å². The van der Waals surface area contributed by atoms with Crippen LogP contribution in [0.25, 0.3) is 0 Å². The Morgan fingerprint density at radius 2 is 1.61 bits per heavy atom. The van der Waals surface area contributed by atoms with Crippen LogP contribution < -0.4 is 19.1 Å². The molecular formula is C30H36ClN3O6S. The summed E-state index contributed by atoms with van der Waals surface area (Å²) in [6.07, 6.45) is 0. The summed E-state index contributed by atoms with van der Waals surface area (Å²) in [5.41, 5.74) is 0.870. The first-order chi connectivity index (χ1) is 19.5. The van der Waals surface area contributed by atoms with Crippen LogP contribution in [-0.2, 0) is 26.2 Å². The largest absolute Gasteiger partial charge is 0.497 e. The molecule has 220 valence electrons. The van der Waals surface area contributed by atoms with Crippen molar-refractivity contribution in [3.8, 4) is 11.5 Å². The van der Waals surface area contributed by atoms with E-state index in [9.17, 15) is 18.0 Å². The number of methoxy groups -OCH3 is 2. The fraction of sp³-hybridized carbons (Fsp3) is 0.333. The standard InChI is InChI=1S/C30H36ClN3O6S/c1-21(2)18-32-30(36)22(3)33(19-23-9-8-10-24(31)17-23)29(35)20-34(27-11-6-7-12-28(27)40-5)41(37,38)26-15-13-25(39-4)14-16-26/h6-17,21-22H,18-20H2,1-5H3,(H,32,36)/t22-/m1/s1. The molecule has 9 nitrogen and oxygen atoms in total. The summed E-state index contributed by atoms with van der Waals surface area (Å²) < 4.78 is 39.6. The molecule has 0 saturated heterocycles. The number of para-hydroxylation sites is 2. The SMILES string of the molecule is COc1ccc(S(=O)(=O)N(CC(=O)N(Cc2cccc(Cl)c2)[C@H](C)C(=O)NCC(C)C)c2ccccc2OC)cc1. The average molecular weight is 602 g/mol. The molecule has 0 saturated carbocycles. The smallest absolute Gasteiger partial charge is 0.264 e. The van der Waals surface area contributed by atoms with Gasteiger partial charge in [-0.1, -0.05) is 49.7 Å². The Balaban J connectivity index is 2.05. The molecule has 0 fully saturated rings. The molecule has 3 aromatic carbocycles. The molecule has 41 heavy (non-hydrogen) atoms. The van der Waals surface area contributed by atoms with Gasteiger partial charge in [0, 0.05) is 18.1 Å². The number of nitrogens with zero attached hydrogens (tertiary/aromatic N) is 2. The lowest BCUT2D eigenvalue weighted by molar-refractivity contribution is -0.139. The molecule has 0 aliphatic carbocycles. The molecule has 1 N–H and O–H groups in total. The molecule has 0 aliphatic heterocycles. The predicted molar refractivity (Wildman–Crippen MR) is 160 cm³/mol. The third-order valence-electron chi connectivity index (χ3n) is 6.37. The lowest BCUT2D eigenvalue weighted by Crippen LogP contribution is -2.51. The van der Waals surface area contributed by atoms with Crippen LogP contribution >= 0.6 is 11.6 Å². The second kappa shape index (κ2) is 14.2. The van der Waals surface area contributed by atoms with E-state index >= 15 is 0 Å². The highest BCUT2D eigenvalue weighted by Gasteiger charge is 2.33. The maximum Gasteiger partial charge on any atom is 0.264 e. The zero-order valence-electron chi connectivity index (χ0n) is 23.8. The Kier molecular flexibility index (Phi) is 11.0. The number of hydrogen-bond donors (Lipinski definition) is 1. The molecule has 3 aromatic rings. The molecule has 0 unspecified atom stereocenters. The van der Waals surface area contributed by atoms with Crippen molar-refractivity contribution in [2.24, 2.45) is 5.92 Å². The van der Waals surface area contributed by atoms with E-state index < -0.39 is 28.5 Å². The molecule has 0 heterocycles. The quantitative estimate of drug-likeness (QED) is 0.303. The summed E-state index contributed by atoms with van der Waals surface area (Å²) in [4.78, 5) is 28.4. The molecule has 2 amide bonds. The maximum absolute atomic E-state index is 14.0. The number of anilines is 1. The Bertz CT molecular complexity index is 1450. The first-order valence-electron chi connectivity index (χ1n) is 13.1. The molecule has 0 radical (unpaired) electrons. The summed E-state index contributed by atoms with van der Waals surface area (Å²) in [5, 5.41) is 3.34. The van der Waals surface area contributed by atoms with Crippen LogP contribution in [0.1, 0.15) is 26.3 Å². The van der Waals surface area contributed by atoms with Gasteiger partial charge in [0.15, 0.2) is 0 Å². The van der Waals surface area contributed by atoms with Gasteiger partial charge in [0.1, 0.15) is 24.1 Å². The van der Waals surface area contributed by atoms with E-state index in [0.29, 0.717) is 22.9 Å². The van der Waals surface area contributed by atoms with Gasteiger partial charge in [-0.2, -0.15) is 0 Å². The van der Waals surface area contributed by atoms with Gasteiger partial charge in [0.2, 0.25) is 11.8 Å². The van der Waals surface area contributed by atoms with Crippen molar-refractivity contribution in [2.45, 2.75) is 38.3 Å². The van der Waals surface area contributed by atoms with Crippen molar-refractivity contribution in [1.82, 2.24) is 10.2 Å². The van der Waals surface area contributed by atoms with E-state index in [4.69, 9.17) is 21.1 Å². The summed E-state index contributed by atoms with van der Waals surface area (Å²) >= 11 is 6.19. The third-order valence-corrected chi connectivity index (χ3v) is 8.38. The molecule has 0 bridgehead atoms. The van der Waals surface area contributed by atoms with Crippen LogP contribution in [0.5, 0.6) is 11.5 Å². The first-order valence-corrected chi connectivity index (χ1v) is 14.9. The minimum atomic E-state index is -4.26. The van der Waals surface area contributed by atoms with E-state index in [0.717, 1.165) is 4.31 Å². The predicted octanol–water partition coefficient (Wildman–Crippen LogP) is 4.74. The van der Waals surface area contributed by atoms with Gasteiger partial charge in [0.25, 0.3) is 10.0 Å². The first kappa shape index (κ1) is 31.8. The zero-order valence-corrected chi connectivity index (χ0v) is 25.4. The van der Waals surface area contributed by atoms with Crippen LogP contribution in [0.2, 0.25) is 5.02 Å². The number of carbonyl (C=O) groups excluding carboxylic acids is 2. The van der Waals surface area contributed by atoms with Gasteiger partial charge < -0.3 is 19.7 Å². The van der Waals surface area contributed by atoms with Crippen LogP contribution in [0.4, 0.5) is 5.69 Å². The molecule has 0 aromatic heterocycles. The highest BCUT2D eigenvalue weighted by atomic mass is 35.5. The molecule has 1 atom stereocenters. The van der Waals surface area contributed by atoms with Gasteiger partial charge in [-0.05, 0) is 66.9 Å². The van der Waals surface area contributed by atoms with Crippen molar-refractivity contribution in [2.75, 3.05) is 31.6 Å². The highest BCUT2D eigenvalue weighted by Crippen LogP contribution is 2.33. The second-order valence-electron chi connectivity index (χ2n) is 9.83. The van der Waals surface area contributed by atoms with E-state index in [1.807, 2.05) is 13.8 Å². The summed E-state index contributed by atoms with van der Waals surface area (Å²) in [5.74, 6) is 0.0225. The van der Waals surface area contributed by atoms with Crippen molar-refractivity contribution >= 4 is 39.1 Å². The van der Waals surface area contributed by atoms with E-state index in [2.05, 4.69) is 5.32 Å². The number of carbonyl (C=O) groups is 2. The summed E-state index contributed by atoms with van der Waals surface area (Å²) in [6.45, 7) is 5.43. The second-order valence-corrected chi connectivity index (χ2v) is 12.1. The van der Waals surface area contributed by atoms with Crippen LogP contribution in [0.15, 0.2) is 77.7 Å². The van der Waals surface area contributed by atoms with Gasteiger partial charge in [-0.3, -0.25) is 13.9 Å². The topological polar surface area (TPSA) is 105 Å². The number of nitrogens with one attached hydrogen (secondary N) is 1. The monoisotopic (exact) mass is 601 g/mol. The van der Waals surface area contributed by atoms with Crippen LogP contribution in [0, 0.1) is 5.92 Å². The van der Waals surface area contributed by atoms with Crippen molar-refractivity contribution in [1.29, 1.82) is 0 Å². The lowest BCUT2D eigenvalue weighted by atomic mass is 10.1. The number of halogens is 1. The molecule has 3 rings (SSSR count). The van der Waals surface area contributed by atoms with E-state index in [1.54, 1.807) is 55.5 Å². The number of benzene rings is 3. The van der Waals surface area contributed by atoms with Gasteiger partial charge >= 0.3 is 0 Å². The molecular weight excluding hydrogens is 566 g/mol. The molecule has 0 aliphatic rings. The number of hydrogen-bond acceptors (Lipinski definition) is 6. The number of ether oxygens (including phenoxy) is 2. The number of amides is 2. The van der Waals surface area contributed by atoms with Gasteiger partial charge in [-0.15, -0.1) is 0 Å². The van der Waals surface area contributed by atoms with Crippen molar-refractivity contribution in [3.05, 3.63) is 83.4 Å². The van der Waals surface area contributed by atoms with Crippen molar-refractivity contribution < 1.29 is 27.5 Å². The minimum Gasteiger partial charge on any atom is -0.497 e.